The van der Waals surface area contributed by atoms with Crippen LogP contribution < -0.4 is 5.32 Å². The lowest BCUT2D eigenvalue weighted by Gasteiger charge is -2.02. The van der Waals surface area contributed by atoms with Crippen LogP contribution in [-0.4, -0.2) is 0 Å². The van der Waals surface area contributed by atoms with Gasteiger partial charge in [0, 0.05) is 5.56 Å². The van der Waals surface area contributed by atoms with E-state index in [-0.39, 0.29) is 0 Å². The van der Waals surface area contributed by atoms with Crippen LogP contribution in [0.1, 0.15) is 11.1 Å². The quantitative estimate of drug-likeness (QED) is 0.698. The molecule has 1 nitrogen and oxygen atoms in total. The molecule has 0 amide bonds. The van der Waals surface area contributed by atoms with Crippen LogP contribution in [0.4, 0.5) is 0 Å². The normalized spacial score (nSPS) is 10.3. The summed E-state index contributed by atoms with van der Waals surface area (Å²) in [6.07, 6.45) is 0. The van der Waals surface area contributed by atoms with E-state index in [0.29, 0.717) is 0 Å². The van der Waals surface area contributed by atoms with Gasteiger partial charge in [-0.1, -0.05) is 30.3 Å². The molecule has 2 aromatic carbocycles. The van der Waals surface area contributed by atoms with Crippen molar-refractivity contribution in [2.45, 2.75) is 13.1 Å². The molecule has 0 aliphatic heterocycles. The Labute approximate surface area is 84.8 Å². The van der Waals surface area contributed by atoms with Crippen LogP contribution in [0.3, 0.4) is 0 Å². The van der Waals surface area contributed by atoms with E-state index in [4.69, 9.17) is 0 Å². The fourth-order valence-electron chi connectivity index (χ4n) is 1.57. The van der Waals surface area contributed by atoms with E-state index in [1.54, 1.807) is 0 Å². The molecule has 2 N–H and O–H groups in total. The molecule has 0 unspecified atom stereocenters. The van der Waals surface area contributed by atoms with Gasteiger partial charge in [0.15, 0.2) is 0 Å². The van der Waals surface area contributed by atoms with Crippen molar-refractivity contribution >= 4 is 0 Å². The zero-order valence-electron chi connectivity index (χ0n) is 8.19. The van der Waals surface area contributed by atoms with Crippen LogP contribution >= 0.6 is 0 Å². The minimum atomic E-state index is 1.06. The second-order valence-electron chi connectivity index (χ2n) is 3.48. The Bertz CT molecular complexity index is 348. The lowest BCUT2D eigenvalue weighted by molar-refractivity contribution is -0.686. The first-order valence-electron chi connectivity index (χ1n) is 5.01. The van der Waals surface area contributed by atoms with E-state index in [9.17, 15) is 0 Å². The van der Waals surface area contributed by atoms with Gasteiger partial charge in [-0.2, -0.15) is 12.1 Å². The highest BCUT2D eigenvalue weighted by atomic mass is 14.8. The van der Waals surface area contributed by atoms with Gasteiger partial charge >= 0.3 is 0 Å². The summed E-state index contributed by atoms with van der Waals surface area (Å²) in [5, 5.41) is 2.32. The number of hydrogen-bond acceptors (Lipinski definition) is 0. The maximum absolute atomic E-state index is 2.32. The number of rotatable bonds is 4. The Kier molecular flexibility index (Phi) is 3.04. The third-order valence-corrected chi connectivity index (χ3v) is 2.33. The molecule has 2 rings (SSSR count). The fourth-order valence-corrected chi connectivity index (χ4v) is 1.57. The second kappa shape index (κ2) is 4.68. The molecule has 0 fully saturated rings. The van der Waals surface area contributed by atoms with Crippen LogP contribution in [0.5, 0.6) is 0 Å². The molecule has 0 aromatic heterocycles. The molecular formula is C13H15N. The SMILES string of the molecule is c1ccc(C[NH2+]Cc2ccc[cH-]2)cc1. The van der Waals surface area contributed by atoms with Crippen LogP contribution in [0, 0.1) is 0 Å². The first-order valence-corrected chi connectivity index (χ1v) is 5.01. The van der Waals surface area contributed by atoms with Crippen molar-refractivity contribution < 1.29 is 5.32 Å². The van der Waals surface area contributed by atoms with Gasteiger partial charge in [-0.3, -0.25) is 0 Å². The molecule has 1 heteroatoms. The molecule has 72 valence electrons. The van der Waals surface area contributed by atoms with Crippen molar-refractivity contribution in [3.05, 3.63) is 65.7 Å². The van der Waals surface area contributed by atoms with Crippen molar-refractivity contribution in [1.82, 2.24) is 0 Å². The van der Waals surface area contributed by atoms with Crippen molar-refractivity contribution in [2.75, 3.05) is 0 Å². The summed E-state index contributed by atoms with van der Waals surface area (Å²) >= 11 is 0. The summed E-state index contributed by atoms with van der Waals surface area (Å²) in [5.74, 6) is 0. The molecule has 0 aliphatic rings. The van der Waals surface area contributed by atoms with E-state index >= 15 is 0 Å². The maximum atomic E-state index is 2.32. The van der Waals surface area contributed by atoms with Gasteiger partial charge in [-0.25, -0.2) is 12.1 Å². The van der Waals surface area contributed by atoms with Crippen LogP contribution in [0.15, 0.2) is 54.6 Å². The Morgan fingerprint density at radius 3 is 2.50 bits per heavy atom. The van der Waals surface area contributed by atoms with Gasteiger partial charge in [-0.15, -0.1) is 5.56 Å². The molecule has 0 atom stereocenters. The van der Waals surface area contributed by atoms with E-state index in [0.717, 1.165) is 13.1 Å². The highest BCUT2D eigenvalue weighted by Crippen LogP contribution is 1.97. The van der Waals surface area contributed by atoms with Gasteiger partial charge in [-0.05, 0) is 0 Å². The van der Waals surface area contributed by atoms with Gasteiger partial charge < -0.3 is 5.32 Å². The van der Waals surface area contributed by atoms with Crippen LogP contribution in [0.2, 0.25) is 0 Å². The average Bonchev–Trinajstić information content (AvgIpc) is 2.72. The van der Waals surface area contributed by atoms with Crippen molar-refractivity contribution in [3.8, 4) is 0 Å². The largest absolute Gasteiger partial charge is 0.340 e. The molecule has 0 spiro atoms. The van der Waals surface area contributed by atoms with E-state index in [1.807, 2.05) is 0 Å². The van der Waals surface area contributed by atoms with Crippen LogP contribution in [0.25, 0.3) is 0 Å². The standard InChI is InChI=1S/C13H14N/c1-2-6-12(7-3-1)10-14-11-13-8-4-5-9-13/h1-9,14H,10-11H2/q-1/p+1. The second-order valence-corrected chi connectivity index (χ2v) is 3.48. The van der Waals surface area contributed by atoms with E-state index < -0.39 is 0 Å². The monoisotopic (exact) mass is 185 g/mol. The lowest BCUT2D eigenvalue weighted by atomic mass is 10.2. The molecule has 0 aliphatic carbocycles. The van der Waals surface area contributed by atoms with Gasteiger partial charge in [0.05, 0.1) is 6.54 Å². The molecule has 0 radical (unpaired) electrons. The maximum Gasteiger partial charge on any atom is 0.101 e. The van der Waals surface area contributed by atoms with Crippen molar-refractivity contribution in [2.24, 2.45) is 0 Å². The summed E-state index contributed by atoms with van der Waals surface area (Å²) in [6, 6.07) is 19.1. The minimum absolute atomic E-state index is 1.06. The lowest BCUT2D eigenvalue weighted by Crippen LogP contribution is -2.80. The molecule has 0 saturated carbocycles. The van der Waals surface area contributed by atoms with Gasteiger partial charge in [0.2, 0.25) is 0 Å². The van der Waals surface area contributed by atoms with E-state index in [1.165, 1.54) is 11.1 Å². The summed E-state index contributed by atoms with van der Waals surface area (Å²) in [5.41, 5.74) is 2.79. The van der Waals surface area contributed by atoms with Gasteiger partial charge in [0.1, 0.15) is 6.54 Å². The number of hydrogen-bond donors (Lipinski definition) is 1. The molecule has 14 heavy (non-hydrogen) atoms. The Balaban J connectivity index is 1.79. The summed E-state index contributed by atoms with van der Waals surface area (Å²) in [6.45, 7) is 2.13. The van der Waals surface area contributed by atoms with Gasteiger partial charge in [0.25, 0.3) is 0 Å². The fraction of sp³-hybridized carbons (Fsp3) is 0.154. The topological polar surface area (TPSA) is 16.6 Å². The Morgan fingerprint density at radius 2 is 1.79 bits per heavy atom. The highest BCUT2D eigenvalue weighted by Gasteiger charge is 1.92. The smallest absolute Gasteiger partial charge is 0.101 e. The number of benzene rings is 1. The minimum Gasteiger partial charge on any atom is -0.340 e. The van der Waals surface area contributed by atoms with E-state index in [2.05, 4.69) is 59.9 Å². The third kappa shape index (κ3) is 2.51. The predicted octanol–water partition coefficient (Wildman–Crippen LogP) is 1.67. The summed E-state index contributed by atoms with van der Waals surface area (Å²) in [7, 11) is 0. The number of quaternary nitrogens is 1. The molecule has 2 aromatic rings. The Hall–Kier alpha value is -1.47. The first-order chi connectivity index (χ1) is 6.95. The first kappa shape index (κ1) is 9.10. The third-order valence-electron chi connectivity index (χ3n) is 2.33. The summed E-state index contributed by atoms with van der Waals surface area (Å²) < 4.78 is 0. The Morgan fingerprint density at radius 1 is 0.929 bits per heavy atom. The molecule has 0 bridgehead atoms. The zero-order chi connectivity index (χ0) is 9.64. The molecule has 0 heterocycles. The highest BCUT2D eigenvalue weighted by molar-refractivity contribution is 5.15. The van der Waals surface area contributed by atoms with Crippen molar-refractivity contribution in [1.29, 1.82) is 0 Å². The number of nitrogens with two attached hydrogens (primary N) is 1. The van der Waals surface area contributed by atoms with Crippen molar-refractivity contribution in [3.63, 3.8) is 0 Å². The summed E-state index contributed by atoms with van der Waals surface area (Å²) in [4.78, 5) is 0. The zero-order valence-corrected chi connectivity index (χ0v) is 8.19. The molecule has 0 saturated heterocycles. The molecular weight excluding hydrogens is 170 g/mol. The average molecular weight is 185 g/mol. The predicted molar refractivity (Wildman–Crippen MR) is 57.8 cm³/mol. The van der Waals surface area contributed by atoms with Crippen LogP contribution in [-0.2, 0) is 13.1 Å².